The highest BCUT2D eigenvalue weighted by Crippen LogP contribution is 2.20. The number of nitrogens with zero attached hydrogens (tertiary/aromatic N) is 3. The van der Waals surface area contributed by atoms with E-state index < -0.39 is 0 Å². The van der Waals surface area contributed by atoms with Crippen LogP contribution in [0.4, 0.5) is 23.1 Å². The van der Waals surface area contributed by atoms with Gasteiger partial charge in [0.05, 0.1) is 0 Å². The molecule has 0 spiro atoms. The SMILES string of the molecule is CCN(CC)c1ccc(Nc2ccnc(NCCCOC)n2)cc1. The van der Waals surface area contributed by atoms with Gasteiger partial charge in [0.15, 0.2) is 0 Å². The maximum atomic E-state index is 5.03. The van der Waals surface area contributed by atoms with Crippen LogP contribution in [0.3, 0.4) is 0 Å². The van der Waals surface area contributed by atoms with Crippen LogP contribution in [0, 0.1) is 0 Å². The summed E-state index contributed by atoms with van der Waals surface area (Å²) in [5, 5.41) is 6.51. The lowest BCUT2D eigenvalue weighted by Gasteiger charge is -2.21. The average Bonchev–Trinajstić information content (AvgIpc) is 2.62. The van der Waals surface area contributed by atoms with Crippen LogP contribution in [0.2, 0.25) is 0 Å². The van der Waals surface area contributed by atoms with Crippen molar-refractivity contribution in [1.29, 1.82) is 0 Å². The van der Waals surface area contributed by atoms with Crippen LogP contribution in [-0.2, 0) is 4.74 Å². The largest absolute Gasteiger partial charge is 0.385 e. The highest BCUT2D eigenvalue weighted by molar-refractivity contribution is 5.61. The number of hydrogen-bond donors (Lipinski definition) is 2. The Kier molecular flexibility index (Phi) is 7.29. The van der Waals surface area contributed by atoms with Crippen molar-refractivity contribution in [1.82, 2.24) is 9.97 Å². The van der Waals surface area contributed by atoms with E-state index >= 15 is 0 Å². The van der Waals surface area contributed by atoms with E-state index in [0.717, 1.165) is 44.2 Å². The fourth-order valence-corrected chi connectivity index (χ4v) is 2.42. The summed E-state index contributed by atoms with van der Waals surface area (Å²) in [5.74, 6) is 1.39. The van der Waals surface area contributed by atoms with E-state index in [2.05, 4.69) is 63.6 Å². The van der Waals surface area contributed by atoms with Crippen molar-refractivity contribution in [3.8, 4) is 0 Å². The predicted molar refractivity (Wildman–Crippen MR) is 100 cm³/mol. The summed E-state index contributed by atoms with van der Waals surface area (Å²) in [7, 11) is 1.70. The fraction of sp³-hybridized carbons (Fsp3) is 0.444. The van der Waals surface area contributed by atoms with Crippen molar-refractivity contribution in [2.45, 2.75) is 20.3 Å². The van der Waals surface area contributed by atoms with E-state index in [1.54, 1.807) is 13.3 Å². The van der Waals surface area contributed by atoms with Gasteiger partial charge in [-0.15, -0.1) is 0 Å². The monoisotopic (exact) mass is 329 g/mol. The van der Waals surface area contributed by atoms with Gasteiger partial charge in [-0.3, -0.25) is 0 Å². The summed E-state index contributed by atoms with van der Waals surface area (Å²) in [6, 6.07) is 10.3. The molecule has 0 saturated carbocycles. The molecule has 0 aliphatic heterocycles. The predicted octanol–water partition coefficient (Wildman–Crippen LogP) is 3.51. The Balaban J connectivity index is 1.95. The van der Waals surface area contributed by atoms with Gasteiger partial charge in [-0.25, -0.2) is 4.98 Å². The molecule has 0 atom stereocenters. The summed E-state index contributed by atoms with van der Waals surface area (Å²) in [6.07, 6.45) is 2.67. The normalized spacial score (nSPS) is 10.5. The molecule has 0 aliphatic carbocycles. The smallest absolute Gasteiger partial charge is 0.224 e. The minimum atomic E-state index is 0.621. The molecule has 6 heteroatoms. The van der Waals surface area contributed by atoms with E-state index in [4.69, 9.17) is 4.74 Å². The molecule has 1 aromatic carbocycles. The number of anilines is 4. The van der Waals surface area contributed by atoms with Crippen LogP contribution in [-0.4, -0.2) is 43.3 Å². The van der Waals surface area contributed by atoms with Crippen molar-refractivity contribution in [3.05, 3.63) is 36.5 Å². The van der Waals surface area contributed by atoms with Crippen LogP contribution >= 0.6 is 0 Å². The molecule has 2 aromatic rings. The number of methoxy groups -OCH3 is 1. The highest BCUT2D eigenvalue weighted by Gasteiger charge is 2.03. The van der Waals surface area contributed by atoms with Gasteiger partial charge in [0, 0.05) is 50.9 Å². The molecule has 0 radical (unpaired) electrons. The van der Waals surface area contributed by atoms with Crippen LogP contribution in [0.5, 0.6) is 0 Å². The zero-order valence-corrected chi connectivity index (χ0v) is 14.7. The summed E-state index contributed by atoms with van der Waals surface area (Å²) < 4.78 is 5.03. The van der Waals surface area contributed by atoms with Gasteiger partial charge in [-0.2, -0.15) is 4.98 Å². The highest BCUT2D eigenvalue weighted by atomic mass is 16.5. The summed E-state index contributed by atoms with van der Waals surface area (Å²) in [5.41, 5.74) is 2.24. The van der Waals surface area contributed by atoms with Crippen molar-refractivity contribution < 1.29 is 4.74 Å². The Morgan fingerprint density at radius 3 is 2.50 bits per heavy atom. The third-order valence-electron chi connectivity index (χ3n) is 3.73. The lowest BCUT2D eigenvalue weighted by atomic mass is 10.2. The number of aromatic nitrogens is 2. The Morgan fingerprint density at radius 2 is 1.83 bits per heavy atom. The van der Waals surface area contributed by atoms with Crippen LogP contribution in [0.25, 0.3) is 0 Å². The number of ether oxygens (including phenoxy) is 1. The number of benzene rings is 1. The molecule has 1 heterocycles. The lowest BCUT2D eigenvalue weighted by Crippen LogP contribution is -2.21. The first kappa shape index (κ1) is 18.0. The molecular formula is C18H27N5O. The Bertz CT molecular complexity index is 599. The molecule has 0 fully saturated rings. The molecular weight excluding hydrogens is 302 g/mol. The number of hydrogen-bond acceptors (Lipinski definition) is 6. The standard InChI is InChI=1S/C18H27N5O/c1-4-23(5-2)16-9-7-15(8-10-16)21-17-11-13-20-18(22-17)19-12-6-14-24-3/h7-11,13H,4-6,12,14H2,1-3H3,(H2,19,20,21,22). The minimum Gasteiger partial charge on any atom is -0.385 e. The van der Waals surface area contributed by atoms with Gasteiger partial charge in [0.1, 0.15) is 5.82 Å². The van der Waals surface area contributed by atoms with Gasteiger partial charge in [-0.05, 0) is 50.6 Å². The molecule has 6 nitrogen and oxygen atoms in total. The van der Waals surface area contributed by atoms with Gasteiger partial charge in [-0.1, -0.05) is 0 Å². The van der Waals surface area contributed by atoms with Crippen molar-refractivity contribution in [2.24, 2.45) is 0 Å². The maximum Gasteiger partial charge on any atom is 0.224 e. The first-order chi connectivity index (χ1) is 11.8. The second-order valence-electron chi connectivity index (χ2n) is 5.38. The molecule has 0 unspecified atom stereocenters. The number of rotatable bonds is 10. The van der Waals surface area contributed by atoms with Gasteiger partial charge >= 0.3 is 0 Å². The Labute approximate surface area is 144 Å². The van der Waals surface area contributed by atoms with E-state index in [9.17, 15) is 0 Å². The van der Waals surface area contributed by atoms with Crippen LogP contribution in [0.1, 0.15) is 20.3 Å². The van der Waals surface area contributed by atoms with E-state index in [0.29, 0.717) is 5.95 Å². The maximum absolute atomic E-state index is 5.03. The second-order valence-corrected chi connectivity index (χ2v) is 5.38. The fourth-order valence-electron chi connectivity index (χ4n) is 2.42. The zero-order chi connectivity index (χ0) is 17.2. The first-order valence-electron chi connectivity index (χ1n) is 8.44. The van der Waals surface area contributed by atoms with Gasteiger partial charge in [0.25, 0.3) is 0 Å². The third kappa shape index (κ3) is 5.38. The Morgan fingerprint density at radius 1 is 1.08 bits per heavy atom. The third-order valence-corrected chi connectivity index (χ3v) is 3.73. The van der Waals surface area contributed by atoms with Crippen molar-refractivity contribution >= 4 is 23.1 Å². The number of nitrogens with one attached hydrogen (secondary N) is 2. The van der Waals surface area contributed by atoms with Crippen molar-refractivity contribution in [3.63, 3.8) is 0 Å². The quantitative estimate of drug-likeness (QED) is 0.650. The molecule has 1 aromatic heterocycles. The molecule has 0 amide bonds. The summed E-state index contributed by atoms with van der Waals surface area (Å²) in [6.45, 7) is 7.86. The minimum absolute atomic E-state index is 0.621. The molecule has 2 rings (SSSR count). The first-order valence-corrected chi connectivity index (χ1v) is 8.44. The second kappa shape index (κ2) is 9.72. The molecule has 0 saturated heterocycles. The van der Waals surface area contributed by atoms with Gasteiger partial charge in [0.2, 0.25) is 5.95 Å². The average molecular weight is 329 g/mol. The molecule has 2 N–H and O–H groups in total. The molecule has 0 aliphatic rings. The van der Waals surface area contributed by atoms with E-state index in [1.165, 1.54) is 5.69 Å². The Hall–Kier alpha value is -2.34. The summed E-state index contributed by atoms with van der Waals surface area (Å²) in [4.78, 5) is 11.0. The molecule has 0 bridgehead atoms. The zero-order valence-electron chi connectivity index (χ0n) is 14.7. The van der Waals surface area contributed by atoms with Crippen molar-refractivity contribution in [2.75, 3.05) is 48.9 Å². The molecule has 130 valence electrons. The summed E-state index contributed by atoms with van der Waals surface area (Å²) >= 11 is 0. The van der Waals surface area contributed by atoms with Crippen LogP contribution < -0.4 is 15.5 Å². The van der Waals surface area contributed by atoms with E-state index in [-0.39, 0.29) is 0 Å². The lowest BCUT2D eigenvalue weighted by molar-refractivity contribution is 0.197. The van der Waals surface area contributed by atoms with E-state index in [1.807, 2.05) is 6.07 Å². The van der Waals surface area contributed by atoms with Gasteiger partial charge < -0.3 is 20.3 Å². The van der Waals surface area contributed by atoms with Crippen LogP contribution in [0.15, 0.2) is 36.5 Å². The molecule has 24 heavy (non-hydrogen) atoms. The topological polar surface area (TPSA) is 62.3 Å².